The van der Waals surface area contributed by atoms with Crippen molar-refractivity contribution in [2.45, 2.75) is 38.6 Å². The minimum absolute atomic E-state index is 0.258. The van der Waals surface area contributed by atoms with Gasteiger partial charge in [-0.1, -0.05) is 13.8 Å². The van der Waals surface area contributed by atoms with Crippen molar-refractivity contribution in [3.8, 4) is 0 Å². The van der Waals surface area contributed by atoms with Gasteiger partial charge in [-0.25, -0.2) is 9.97 Å². The highest BCUT2D eigenvalue weighted by atomic mass is 15.2. The molecule has 19 heavy (non-hydrogen) atoms. The summed E-state index contributed by atoms with van der Waals surface area (Å²) in [6, 6.07) is 3.98. The van der Waals surface area contributed by atoms with Gasteiger partial charge in [0.05, 0.1) is 5.52 Å². The number of hydrogen-bond donors (Lipinski definition) is 2. The monoisotopic (exact) mass is 261 g/mol. The highest BCUT2D eigenvalue weighted by Gasteiger charge is 2.37. The number of anilines is 1. The molecule has 2 aromatic rings. The van der Waals surface area contributed by atoms with E-state index in [0.29, 0.717) is 0 Å². The lowest BCUT2D eigenvalue weighted by Crippen LogP contribution is -2.50. The Labute approximate surface area is 114 Å². The molecule has 0 aliphatic carbocycles. The molecule has 5 heteroatoms. The molecule has 0 bridgehead atoms. The largest absolute Gasteiger partial charge is 0.363 e. The van der Waals surface area contributed by atoms with E-state index in [1.807, 2.05) is 45.0 Å². The molecule has 0 amide bonds. The number of aromatic nitrogens is 3. The van der Waals surface area contributed by atoms with Gasteiger partial charge in [0.2, 0.25) is 0 Å². The first kappa shape index (κ1) is 13.8. The zero-order valence-corrected chi connectivity index (χ0v) is 12.6. The molecule has 0 aliphatic rings. The summed E-state index contributed by atoms with van der Waals surface area (Å²) in [4.78, 5) is 14.5. The quantitative estimate of drug-likeness (QED) is 0.887. The summed E-state index contributed by atoms with van der Waals surface area (Å²) in [5, 5.41) is 0. The van der Waals surface area contributed by atoms with Gasteiger partial charge in [-0.15, -0.1) is 0 Å². The third kappa shape index (κ3) is 2.30. The van der Waals surface area contributed by atoms with E-state index in [1.165, 1.54) is 0 Å². The van der Waals surface area contributed by atoms with Crippen molar-refractivity contribution < 1.29 is 0 Å². The van der Waals surface area contributed by atoms with Gasteiger partial charge in [0.25, 0.3) is 0 Å². The molecule has 0 saturated heterocycles. The lowest BCUT2D eigenvalue weighted by molar-refractivity contribution is 0.293. The van der Waals surface area contributed by atoms with E-state index in [4.69, 9.17) is 5.73 Å². The normalized spacial score (nSPS) is 13.0. The fourth-order valence-corrected chi connectivity index (χ4v) is 1.73. The van der Waals surface area contributed by atoms with Gasteiger partial charge in [-0.2, -0.15) is 0 Å². The number of H-pyrrole nitrogens is 1. The molecule has 2 rings (SSSR count). The van der Waals surface area contributed by atoms with Gasteiger partial charge in [-0.05, 0) is 26.0 Å². The van der Waals surface area contributed by atoms with Crippen LogP contribution in [0.4, 0.5) is 5.82 Å². The molecule has 0 radical (unpaired) electrons. The number of pyridine rings is 1. The van der Waals surface area contributed by atoms with Gasteiger partial charge >= 0.3 is 0 Å². The summed E-state index contributed by atoms with van der Waals surface area (Å²) in [7, 11) is 3.93. The average Bonchev–Trinajstić information content (AvgIpc) is 2.70. The molecule has 5 nitrogen and oxygen atoms in total. The molecule has 0 fully saturated rings. The van der Waals surface area contributed by atoms with Crippen LogP contribution in [0.1, 0.15) is 33.5 Å². The predicted octanol–water partition coefficient (Wildman–Crippen LogP) is 2.04. The van der Waals surface area contributed by atoms with Crippen molar-refractivity contribution in [3.63, 3.8) is 0 Å². The third-order valence-corrected chi connectivity index (χ3v) is 3.99. The molecule has 0 atom stereocenters. The van der Waals surface area contributed by atoms with E-state index >= 15 is 0 Å². The molecular weight excluding hydrogens is 238 g/mol. The number of rotatable bonds is 3. The Kier molecular flexibility index (Phi) is 3.05. The molecular formula is C14H23N5. The van der Waals surface area contributed by atoms with Crippen LogP contribution in [0.3, 0.4) is 0 Å². The molecule has 2 aromatic heterocycles. The fourth-order valence-electron chi connectivity index (χ4n) is 1.73. The minimum Gasteiger partial charge on any atom is -0.363 e. The van der Waals surface area contributed by atoms with Crippen molar-refractivity contribution in [2.75, 3.05) is 19.0 Å². The van der Waals surface area contributed by atoms with Crippen molar-refractivity contribution >= 4 is 17.0 Å². The molecule has 0 spiro atoms. The molecule has 0 saturated carbocycles. The molecule has 0 aliphatic heterocycles. The van der Waals surface area contributed by atoms with E-state index in [-0.39, 0.29) is 11.0 Å². The Hall–Kier alpha value is -1.62. The lowest BCUT2D eigenvalue weighted by atomic mass is 9.74. The number of aromatic amines is 1. The standard InChI is InChI=1S/C14H23N5/c1-13(2,14(3,4)15)12-16-9-7-8-10(19(5)6)17-11(9)18-12/h7-8H,15H2,1-6H3,(H,16,17,18). The highest BCUT2D eigenvalue weighted by Crippen LogP contribution is 2.32. The second-order valence-corrected chi connectivity index (χ2v) is 6.37. The number of nitrogens with zero attached hydrogens (tertiary/aromatic N) is 3. The van der Waals surface area contributed by atoms with Crippen molar-refractivity contribution in [1.29, 1.82) is 0 Å². The van der Waals surface area contributed by atoms with E-state index in [2.05, 4.69) is 28.8 Å². The van der Waals surface area contributed by atoms with Crippen LogP contribution in [0.2, 0.25) is 0 Å². The Bertz CT molecular complexity index is 589. The number of nitrogens with two attached hydrogens (primary N) is 1. The first-order valence-corrected chi connectivity index (χ1v) is 6.46. The van der Waals surface area contributed by atoms with Crippen molar-refractivity contribution in [3.05, 3.63) is 18.0 Å². The first-order chi connectivity index (χ1) is 8.63. The first-order valence-electron chi connectivity index (χ1n) is 6.46. The van der Waals surface area contributed by atoms with Gasteiger partial charge in [0.15, 0.2) is 5.65 Å². The van der Waals surface area contributed by atoms with E-state index < -0.39 is 0 Å². The Balaban J connectivity index is 2.53. The zero-order chi connectivity index (χ0) is 14.4. The van der Waals surface area contributed by atoms with Gasteiger partial charge in [0.1, 0.15) is 11.6 Å². The molecule has 2 heterocycles. The van der Waals surface area contributed by atoms with Gasteiger partial charge in [-0.3, -0.25) is 0 Å². The highest BCUT2D eigenvalue weighted by molar-refractivity contribution is 5.73. The predicted molar refractivity (Wildman–Crippen MR) is 79.5 cm³/mol. The van der Waals surface area contributed by atoms with Crippen LogP contribution in [0.15, 0.2) is 12.1 Å². The summed E-state index contributed by atoms with van der Waals surface area (Å²) in [6.45, 7) is 8.22. The van der Waals surface area contributed by atoms with Crippen LogP contribution in [0, 0.1) is 0 Å². The summed E-state index contributed by atoms with van der Waals surface area (Å²) in [5.41, 5.74) is 7.31. The Morgan fingerprint density at radius 1 is 1.11 bits per heavy atom. The average molecular weight is 261 g/mol. The zero-order valence-electron chi connectivity index (χ0n) is 12.6. The van der Waals surface area contributed by atoms with Crippen LogP contribution in [0.25, 0.3) is 11.2 Å². The second kappa shape index (κ2) is 4.20. The van der Waals surface area contributed by atoms with Gasteiger partial charge < -0.3 is 15.6 Å². The molecule has 3 N–H and O–H groups in total. The van der Waals surface area contributed by atoms with Crippen LogP contribution < -0.4 is 10.6 Å². The molecule has 0 unspecified atom stereocenters. The Morgan fingerprint density at radius 3 is 2.26 bits per heavy atom. The van der Waals surface area contributed by atoms with Crippen LogP contribution in [0.5, 0.6) is 0 Å². The lowest BCUT2D eigenvalue weighted by Gasteiger charge is -2.36. The SMILES string of the molecule is CN(C)c1ccc2[nH]c(C(C)(C)C(C)(C)N)nc2n1. The summed E-state index contributed by atoms with van der Waals surface area (Å²) < 4.78 is 0. The minimum atomic E-state index is -0.370. The van der Waals surface area contributed by atoms with E-state index in [9.17, 15) is 0 Å². The number of nitrogens with one attached hydrogen (secondary N) is 1. The van der Waals surface area contributed by atoms with Crippen LogP contribution >= 0.6 is 0 Å². The smallest absolute Gasteiger partial charge is 0.179 e. The van der Waals surface area contributed by atoms with E-state index in [1.54, 1.807) is 0 Å². The topological polar surface area (TPSA) is 70.8 Å². The van der Waals surface area contributed by atoms with Crippen molar-refractivity contribution in [2.24, 2.45) is 5.73 Å². The third-order valence-electron chi connectivity index (χ3n) is 3.99. The number of fused-ring (bicyclic) bond motifs is 1. The van der Waals surface area contributed by atoms with Crippen LogP contribution in [-0.4, -0.2) is 34.6 Å². The second-order valence-electron chi connectivity index (χ2n) is 6.37. The summed E-state index contributed by atoms with van der Waals surface area (Å²) in [5.74, 6) is 1.77. The fraction of sp³-hybridized carbons (Fsp3) is 0.571. The van der Waals surface area contributed by atoms with Crippen molar-refractivity contribution in [1.82, 2.24) is 15.0 Å². The number of hydrogen-bond acceptors (Lipinski definition) is 4. The maximum atomic E-state index is 6.26. The number of imidazole rings is 1. The van der Waals surface area contributed by atoms with Crippen LogP contribution in [-0.2, 0) is 5.41 Å². The molecule has 0 aromatic carbocycles. The molecule has 104 valence electrons. The maximum Gasteiger partial charge on any atom is 0.179 e. The maximum absolute atomic E-state index is 6.26. The van der Waals surface area contributed by atoms with E-state index in [0.717, 1.165) is 22.8 Å². The summed E-state index contributed by atoms with van der Waals surface area (Å²) >= 11 is 0. The Morgan fingerprint density at radius 2 is 1.74 bits per heavy atom. The summed E-state index contributed by atoms with van der Waals surface area (Å²) in [6.07, 6.45) is 0. The van der Waals surface area contributed by atoms with Gasteiger partial charge in [0, 0.05) is 25.0 Å².